The van der Waals surface area contributed by atoms with Crippen LogP contribution in [0.3, 0.4) is 0 Å². The summed E-state index contributed by atoms with van der Waals surface area (Å²) in [5, 5.41) is 9.00. The fraction of sp³-hybridized carbons (Fsp3) is 0.571. The van der Waals surface area contributed by atoms with Crippen LogP contribution in [-0.2, 0) is 0 Å². The van der Waals surface area contributed by atoms with Crippen LogP contribution >= 0.6 is 0 Å². The normalized spacial score (nSPS) is 23.4. The Labute approximate surface area is 117 Å². The molecule has 1 aromatic heterocycles. The Morgan fingerprint density at radius 2 is 2.15 bits per heavy atom. The molecule has 0 aliphatic carbocycles. The number of carboxylic acid groups (broad SMARTS) is 1. The lowest BCUT2D eigenvalue weighted by Crippen LogP contribution is -2.37. The van der Waals surface area contributed by atoms with Crippen molar-refractivity contribution in [2.24, 2.45) is 0 Å². The number of carbonyl (C=O) groups is 1. The number of aromatic nitrogens is 1. The van der Waals surface area contributed by atoms with Gasteiger partial charge in [-0.1, -0.05) is 0 Å². The first kappa shape index (κ1) is 13.3. The van der Waals surface area contributed by atoms with Gasteiger partial charge < -0.3 is 10.0 Å². The fourth-order valence-corrected chi connectivity index (χ4v) is 3.22. The van der Waals surface area contributed by atoms with Crippen molar-refractivity contribution in [3.05, 3.63) is 23.6 Å². The molecule has 3 heterocycles. The van der Waals surface area contributed by atoms with Crippen LogP contribution in [0.15, 0.2) is 12.3 Å². The van der Waals surface area contributed by atoms with Crippen LogP contribution < -0.4 is 4.90 Å². The summed E-state index contributed by atoms with van der Waals surface area (Å²) in [5.74, 6) is -1.78. The first-order valence-corrected chi connectivity index (χ1v) is 7.03. The SMILES string of the molecule is O=C(O)c1ccnc(N2CCCN3CCCC3C2)c1F. The number of halogens is 1. The van der Waals surface area contributed by atoms with Crippen LogP contribution in [0.25, 0.3) is 0 Å². The minimum absolute atomic E-state index is 0.179. The molecule has 2 fully saturated rings. The standard InChI is InChI=1S/C14H18FN3O2/c15-12-11(14(19)20)4-5-16-13(12)18-8-2-7-17-6-1-3-10(17)9-18/h4-5,10H,1-3,6-9H2,(H,19,20). The highest BCUT2D eigenvalue weighted by Gasteiger charge is 2.30. The zero-order valence-corrected chi connectivity index (χ0v) is 11.3. The summed E-state index contributed by atoms with van der Waals surface area (Å²) in [7, 11) is 0. The molecular formula is C14H18FN3O2. The highest BCUT2D eigenvalue weighted by atomic mass is 19.1. The molecule has 20 heavy (non-hydrogen) atoms. The van der Waals surface area contributed by atoms with E-state index in [1.165, 1.54) is 18.7 Å². The van der Waals surface area contributed by atoms with Gasteiger partial charge in [-0.25, -0.2) is 14.2 Å². The van der Waals surface area contributed by atoms with E-state index in [4.69, 9.17) is 5.11 Å². The fourth-order valence-electron chi connectivity index (χ4n) is 3.22. The van der Waals surface area contributed by atoms with Gasteiger partial charge in [-0.15, -0.1) is 0 Å². The molecule has 1 atom stereocenters. The summed E-state index contributed by atoms with van der Waals surface area (Å²) < 4.78 is 14.3. The van der Waals surface area contributed by atoms with E-state index in [1.807, 2.05) is 4.90 Å². The van der Waals surface area contributed by atoms with Gasteiger partial charge in [0.2, 0.25) is 0 Å². The van der Waals surface area contributed by atoms with E-state index in [-0.39, 0.29) is 11.4 Å². The minimum atomic E-state index is -1.25. The topological polar surface area (TPSA) is 56.7 Å². The van der Waals surface area contributed by atoms with E-state index in [2.05, 4.69) is 9.88 Å². The average molecular weight is 279 g/mol. The van der Waals surface area contributed by atoms with Gasteiger partial charge in [-0.3, -0.25) is 4.90 Å². The van der Waals surface area contributed by atoms with Gasteiger partial charge in [0.15, 0.2) is 11.6 Å². The Kier molecular flexibility index (Phi) is 3.56. The van der Waals surface area contributed by atoms with Crippen molar-refractivity contribution in [2.75, 3.05) is 31.1 Å². The highest BCUT2D eigenvalue weighted by molar-refractivity contribution is 5.88. The molecule has 3 rings (SSSR count). The summed E-state index contributed by atoms with van der Waals surface area (Å²) in [6.07, 6.45) is 4.63. The molecule has 0 saturated carbocycles. The number of fused-ring (bicyclic) bond motifs is 1. The molecule has 108 valence electrons. The highest BCUT2D eigenvalue weighted by Crippen LogP contribution is 2.26. The smallest absolute Gasteiger partial charge is 0.338 e. The molecule has 0 radical (unpaired) electrons. The second-order valence-corrected chi connectivity index (χ2v) is 5.43. The Morgan fingerprint density at radius 3 is 2.95 bits per heavy atom. The number of nitrogens with zero attached hydrogens (tertiary/aromatic N) is 3. The zero-order chi connectivity index (χ0) is 14.1. The second kappa shape index (κ2) is 5.36. The molecule has 1 aromatic rings. The first-order valence-electron chi connectivity index (χ1n) is 7.03. The molecule has 1 unspecified atom stereocenters. The molecule has 1 N–H and O–H groups in total. The molecule has 6 heteroatoms. The van der Waals surface area contributed by atoms with Crippen LogP contribution in [0, 0.1) is 5.82 Å². The third-order valence-corrected chi connectivity index (χ3v) is 4.20. The maximum atomic E-state index is 14.3. The second-order valence-electron chi connectivity index (χ2n) is 5.43. The Hall–Kier alpha value is -1.69. The minimum Gasteiger partial charge on any atom is -0.478 e. The van der Waals surface area contributed by atoms with Crippen molar-refractivity contribution in [1.29, 1.82) is 0 Å². The molecule has 0 amide bonds. The van der Waals surface area contributed by atoms with E-state index < -0.39 is 11.8 Å². The van der Waals surface area contributed by atoms with Gasteiger partial charge in [-0.05, 0) is 31.9 Å². The van der Waals surface area contributed by atoms with Crippen LogP contribution in [-0.4, -0.2) is 53.2 Å². The molecule has 2 saturated heterocycles. The number of hydrogen-bond acceptors (Lipinski definition) is 4. The molecule has 2 aliphatic heterocycles. The maximum Gasteiger partial charge on any atom is 0.338 e. The molecule has 0 aromatic carbocycles. The third-order valence-electron chi connectivity index (χ3n) is 4.20. The maximum absolute atomic E-state index is 14.3. The number of carboxylic acids is 1. The van der Waals surface area contributed by atoms with E-state index in [0.29, 0.717) is 6.04 Å². The predicted molar refractivity (Wildman–Crippen MR) is 72.6 cm³/mol. The van der Waals surface area contributed by atoms with Crippen LogP contribution in [0.5, 0.6) is 0 Å². The number of anilines is 1. The molecule has 0 bridgehead atoms. The number of pyridine rings is 1. The van der Waals surface area contributed by atoms with Crippen molar-refractivity contribution in [3.63, 3.8) is 0 Å². The lowest BCUT2D eigenvalue weighted by atomic mass is 10.2. The molecule has 0 spiro atoms. The van der Waals surface area contributed by atoms with Gasteiger partial charge in [0.1, 0.15) is 5.56 Å². The van der Waals surface area contributed by atoms with Crippen molar-refractivity contribution in [2.45, 2.75) is 25.3 Å². The van der Waals surface area contributed by atoms with E-state index in [9.17, 15) is 9.18 Å². The van der Waals surface area contributed by atoms with Gasteiger partial charge in [-0.2, -0.15) is 0 Å². The van der Waals surface area contributed by atoms with E-state index in [0.717, 1.165) is 39.0 Å². The summed E-state index contributed by atoms with van der Waals surface area (Å²) >= 11 is 0. The molecule has 2 aliphatic rings. The van der Waals surface area contributed by atoms with Crippen LogP contribution in [0.1, 0.15) is 29.6 Å². The number of aromatic carboxylic acids is 1. The lowest BCUT2D eigenvalue weighted by Gasteiger charge is -2.26. The quantitative estimate of drug-likeness (QED) is 0.891. The Balaban J connectivity index is 1.88. The largest absolute Gasteiger partial charge is 0.478 e. The summed E-state index contributed by atoms with van der Waals surface area (Å²) in [5.41, 5.74) is -0.303. The molecule has 5 nitrogen and oxygen atoms in total. The lowest BCUT2D eigenvalue weighted by molar-refractivity contribution is 0.0691. The van der Waals surface area contributed by atoms with E-state index >= 15 is 0 Å². The Bertz CT molecular complexity index is 523. The number of hydrogen-bond donors (Lipinski definition) is 1. The van der Waals surface area contributed by atoms with Crippen molar-refractivity contribution in [3.8, 4) is 0 Å². The summed E-state index contributed by atoms with van der Waals surface area (Å²) in [6, 6.07) is 1.65. The summed E-state index contributed by atoms with van der Waals surface area (Å²) in [6.45, 7) is 3.60. The van der Waals surface area contributed by atoms with Crippen LogP contribution in [0.4, 0.5) is 10.2 Å². The Morgan fingerprint density at radius 1 is 1.35 bits per heavy atom. The van der Waals surface area contributed by atoms with Gasteiger partial charge in [0.25, 0.3) is 0 Å². The van der Waals surface area contributed by atoms with Gasteiger partial charge in [0.05, 0.1) is 0 Å². The van der Waals surface area contributed by atoms with Crippen molar-refractivity contribution in [1.82, 2.24) is 9.88 Å². The van der Waals surface area contributed by atoms with Gasteiger partial charge >= 0.3 is 5.97 Å². The van der Waals surface area contributed by atoms with Crippen molar-refractivity contribution >= 4 is 11.8 Å². The van der Waals surface area contributed by atoms with Crippen LogP contribution in [0.2, 0.25) is 0 Å². The summed E-state index contributed by atoms with van der Waals surface area (Å²) in [4.78, 5) is 19.4. The first-order chi connectivity index (χ1) is 9.66. The predicted octanol–water partition coefficient (Wildman–Crippen LogP) is 1.59. The zero-order valence-electron chi connectivity index (χ0n) is 11.3. The monoisotopic (exact) mass is 279 g/mol. The van der Waals surface area contributed by atoms with E-state index in [1.54, 1.807) is 0 Å². The van der Waals surface area contributed by atoms with Gasteiger partial charge in [0, 0.05) is 31.9 Å². The van der Waals surface area contributed by atoms with Crippen molar-refractivity contribution < 1.29 is 14.3 Å². The average Bonchev–Trinajstić information content (AvgIpc) is 2.76. The number of rotatable bonds is 2. The molecular weight excluding hydrogens is 261 g/mol. The third kappa shape index (κ3) is 2.35.